The molecule has 2 heterocycles. The van der Waals surface area contributed by atoms with Gasteiger partial charge in [0.2, 0.25) is 0 Å². The molecule has 0 radical (unpaired) electrons. The molecule has 4 nitrogen and oxygen atoms in total. The molecule has 0 amide bonds. The smallest absolute Gasteiger partial charge is 0.0691 e. The molecule has 1 aliphatic rings. The van der Waals surface area contributed by atoms with Crippen LogP contribution in [0.5, 0.6) is 0 Å². The van der Waals surface area contributed by atoms with E-state index in [1.165, 1.54) is 11.3 Å². The first-order chi connectivity index (χ1) is 9.61. The number of hydrogen-bond acceptors (Lipinski definition) is 3. The van der Waals surface area contributed by atoms with E-state index in [1.54, 1.807) is 4.68 Å². The van der Waals surface area contributed by atoms with Crippen LogP contribution in [0.15, 0.2) is 24.5 Å². The number of rotatable bonds is 3. The first-order valence-electron chi connectivity index (χ1n) is 7.13. The number of aromatic nitrogens is 2. The third-order valence-electron chi connectivity index (χ3n) is 4.12. The second kappa shape index (κ2) is 4.94. The second-order valence-corrected chi connectivity index (χ2v) is 5.69. The van der Waals surface area contributed by atoms with Crippen molar-refractivity contribution in [3.63, 3.8) is 0 Å². The average Bonchev–Trinajstić information content (AvgIpc) is 3.03. The Morgan fingerprint density at radius 3 is 2.75 bits per heavy atom. The minimum atomic E-state index is 0.0827. The van der Waals surface area contributed by atoms with E-state index in [4.69, 9.17) is 0 Å². The molecule has 2 aromatic rings. The summed E-state index contributed by atoms with van der Waals surface area (Å²) in [4.78, 5) is 2.40. The van der Waals surface area contributed by atoms with Crippen LogP contribution in [0.4, 0.5) is 5.69 Å². The fourth-order valence-electron chi connectivity index (χ4n) is 3.13. The Labute approximate surface area is 119 Å². The van der Waals surface area contributed by atoms with E-state index in [-0.39, 0.29) is 6.61 Å². The van der Waals surface area contributed by atoms with Gasteiger partial charge in [-0.15, -0.1) is 0 Å². The number of hydrogen-bond donors (Lipinski definition) is 1. The summed E-state index contributed by atoms with van der Waals surface area (Å²) in [6.45, 7) is 5.54. The Bertz CT molecular complexity index is 631. The highest BCUT2D eigenvalue weighted by Gasteiger charge is 2.25. The first kappa shape index (κ1) is 13.2. The molecule has 0 spiro atoms. The highest BCUT2D eigenvalue weighted by Crippen LogP contribution is 2.37. The molecule has 0 fully saturated rings. The summed E-state index contributed by atoms with van der Waals surface area (Å²) < 4.78 is 1.80. The van der Waals surface area contributed by atoms with Crippen LogP contribution < -0.4 is 4.90 Å². The van der Waals surface area contributed by atoms with Gasteiger partial charge in [0.15, 0.2) is 0 Å². The van der Waals surface area contributed by atoms with Crippen molar-refractivity contribution >= 4 is 5.69 Å². The lowest BCUT2D eigenvalue weighted by Gasteiger charge is -2.24. The minimum Gasteiger partial charge on any atom is -0.392 e. The van der Waals surface area contributed by atoms with Gasteiger partial charge < -0.3 is 10.0 Å². The van der Waals surface area contributed by atoms with E-state index >= 15 is 0 Å². The van der Waals surface area contributed by atoms with E-state index in [0.717, 1.165) is 29.7 Å². The Hall–Kier alpha value is -1.81. The lowest BCUT2D eigenvalue weighted by Crippen LogP contribution is -2.28. The lowest BCUT2D eigenvalue weighted by atomic mass is 9.96. The Morgan fingerprint density at radius 2 is 2.15 bits per heavy atom. The molecule has 0 unspecified atom stereocenters. The fraction of sp³-hybridized carbons (Fsp3) is 0.438. The van der Waals surface area contributed by atoms with Gasteiger partial charge in [-0.2, -0.15) is 5.10 Å². The van der Waals surface area contributed by atoms with Gasteiger partial charge in [-0.1, -0.05) is 6.07 Å². The summed E-state index contributed by atoms with van der Waals surface area (Å²) in [5, 5.41) is 14.1. The van der Waals surface area contributed by atoms with Crippen LogP contribution in [-0.4, -0.2) is 27.5 Å². The van der Waals surface area contributed by atoms with E-state index in [2.05, 4.69) is 36.0 Å². The summed E-state index contributed by atoms with van der Waals surface area (Å²) in [5.74, 6) is 0. The standard InChI is InChI=1S/C16H21N3O/c1-11(2)19-7-6-14-15(10-20)13(4-5-16(14)19)12-8-17-18(3)9-12/h4-5,8-9,11,20H,6-7,10H2,1-3H3. The normalized spacial score (nSPS) is 14.2. The molecular formula is C16H21N3O. The minimum absolute atomic E-state index is 0.0827. The fourth-order valence-corrected chi connectivity index (χ4v) is 3.13. The number of benzene rings is 1. The zero-order valence-electron chi connectivity index (χ0n) is 12.3. The van der Waals surface area contributed by atoms with Crippen molar-refractivity contribution in [3.8, 4) is 11.1 Å². The van der Waals surface area contributed by atoms with E-state index in [9.17, 15) is 5.11 Å². The molecule has 4 heteroatoms. The van der Waals surface area contributed by atoms with Gasteiger partial charge in [0.1, 0.15) is 0 Å². The Kier molecular flexibility index (Phi) is 3.26. The van der Waals surface area contributed by atoms with Crippen molar-refractivity contribution in [2.45, 2.75) is 32.9 Å². The van der Waals surface area contributed by atoms with Gasteiger partial charge in [-0.3, -0.25) is 4.68 Å². The number of aliphatic hydroxyl groups excluding tert-OH is 1. The number of aliphatic hydroxyl groups is 1. The maximum Gasteiger partial charge on any atom is 0.0691 e. The van der Waals surface area contributed by atoms with Gasteiger partial charge in [-0.25, -0.2) is 0 Å². The maximum absolute atomic E-state index is 9.83. The van der Waals surface area contributed by atoms with Gasteiger partial charge >= 0.3 is 0 Å². The van der Waals surface area contributed by atoms with Crippen LogP contribution in [0.2, 0.25) is 0 Å². The third kappa shape index (κ3) is 2.00. The van der Waals surface area contributed by atoms with Crippen molar-refractivity contribution < 1.29 is 5.11 Å². The van der Waals surface area contributed by atoms with E-state index in [0.29, 0.717) is 6.04 Å². The molecule has 0 saturated heterocycles. The third-order valence-corrected chi connectivity index (χ3v) is 4.12. The van der Waals surface area contributed by atoms with Crippen molar-refractivity contribution in [2.75, 3.05) is 11.4 Å². The maximum atomic E-state index is 9.83. The summed E-state index contributed by atoms with van der Waals surface area (Å²) in [5.41, 5.74) is 5.80. The Morgan fingerprint density at radius 1 is 1.35 bits per heavy atom. The summed E-state index contributed by atoms with van der Waals surface area (Å²) in [6, 6.07) is 4.79. The molecular weight excluding hydrogens is 250 g/mol. The summed E-state index contributed by atoms with van der Waals surface area (Å²) in [7, 11) is 1.91. The molecule has 0 bridgehead atoms. The van der Waals surface area contributed by atoms with Crippen LogP contribution >= 0.6 is 0 Å². The first-order valence-corrected chi connectivity index (χ1v) is 7.13. The van der Waals surface area contributed by atoms with Crippen molar-refractivity contribution in [1.29, 1.82) is 0 Å². The van der Waals surface area contributed by atoms with Crippen LogP contribution in [0.1, 0.15) is 25.0 Å². The number of aryl methyl sites for hydroxylation is 1. The molecule has 20 heavy (non-hydrogen) atoms. The van der Waals surface area contributed by atoms with Gasteiger partial charge in [-0.05, 0) is 43.0 Å². The quantitative estimate of drug-likeness (QED) is 0.931. The zero-order chi connectivity index (χ0) is 14.3. The molecule has 3 rings (SSSR count). The van der Waals surface area contributed by atoms with Crippen LogP contribution in [0.3, 0.4) is 0 Å². The van der Waals surface area contributed by atoms with E-state index < -0.39 is 0 Å². The predicted molar refractivity (Wildman–Crippen MR) is 80.8 cm³/mol. The summed E-state index contributed by atoms with van der Waals surface area (Å²) >= 11 is 0. The number of nitrogens with zero attached hydrogens (tertiary/aromatic N) is 3. The highest BCUT2D eigenvalue weighted by molar-refractivity contribution is 5.74. The van der Waals surface area contributed by atoms with Crippen molar-refractivity contribution in [1.82, 2.24) is 9.78 Å². The topological polar surface area (TPSA) is 41.3 Å². The molecule has 1 N–H and O–H groups in total. The Balaban J connectivity index is 2.11. The summed E-state index contributed by atoms with van der Waals surface area (Å²) in [6.07, 6.45) is 4.86. The van der Waals surface area contributed by atoms with Crippen molar-refractivity contribution in [2.24, 2.45) is 7.05 Å². The average molecular weight is 271 g/mol. The molecule has 1 aliphatic heterocycles. The molecule has 0 atom stereocenters. The highest BCUT2D eigenvalue weighted by atomic mass is 16.3. The predicted octanol–water partition coefficient (Wildman–Crippen LogP) is 2.35. The molecule has 1 aromatic carbocycles. The number of anilines is 1. The monoisotopic (exact) mass is 271 g/mol. The van der Waals surface area contributed by atoms with Gasteiger partial charge in [0.25, 0.3) is 0 Å². The molecule has 1 aromatic heterocycles. The molecule has 106 valence electrons. The van der Waals surface area contributed by atoms with Gasteiger partial charge in [0.05, 0.1) is 12.8 Å². The lowest BCUT2D eigenvalue weighted by molar-refractivity contribution is 0.281. The number of fused-ring (bicyclic) bond motifs is 1. The largest absolute Gasteiger partial charge is 0.392 e. The molecule has 0 saturated carbocycles. The van der Waals surface area contributed by atoms with Gasteiger partial charge in [0, 0.05) is 37.1 Å². The van der Waals surface area contributed by atoms with Crippen LogP contribution in [-0.2, 0) is 20.1 Å². The van der Waals surface area contributed by atoms with Crippen LogP contribution in [0.25, 0.3) is 11.1 Å². The molecule has 0 aliphatic carbocycles. The van der Waals surface area contributed by atoms with Crippen molar-refractivity contribution in [3.05, 3.63) is 35.7 Å². The van der Waals surface area contributed by atoms with E-state index in [1.807, 2.05) is 19.4 Å². The van der Waals surface area contributed by atoms with Crippen LogP contribution in [0, 0.1) is 0 Å². The zero-order valence-corrected chi connectivity index (χ0v) is 12.3. The second-order valence-electron chi connectivity index (χ2n) is 5.69. The SMILES string of the molecule is CC(C)N1CCc2c1ccc(-c1cnn(C)c1)c2CO.